The maximum absolute atomic E-state index is 11.8. The molecule has 2 aliphatic heterocycles. The number of nitrogens with zero attached hydrogens (tertiary/aromatic N) is 5. The number of aromatic nitrogens is 4. The summed E-state index contributed by atoms with van der Waals surface area (Å²) in [6.45, 7) is -0.256. The van der Waals surface area contributed by atoms with Crippen LogP contribution in [0.3, 0.4) is 0 Å². The number of hydrogen-bond donors (Lipinski definition) is 4. The highest BCUT2D eigenvalue weighted by molar-refractivity contribution is 7.99. The van der Waals surface area contributed by atoms with Crippen LogP contribution in [-0.2, 0) is 19.0 Å². The van der Waals surface area contributed by atoms with Crippen LogP contribution in [0.2, 0.25) is 0 Å². The summed E-state index contributed by atoms with van der Waals surface area (Å²) in [7, 11) is 1.47. The van der Waals surface area contributed by atoms with Gasteiger partial charge in [-0.1, -0.05) is 30.0 Å². The van der Waals surface area contributed by atoms with E-state index >= 15 is 0 Å². The number of ether oxygens (including phenoxy) is 3. The minimum atomic E-state index is -0.882. The number of fused-ring (bicyclic) bond motifs is 2. The van der Waals surface area contributed by atoms with Crippen LogP contribution >= 0.6 is 11.8 Å². The average Bonchev–Trinajstić information content (AvgIpc) is 3.58. The number of aliphatic hydroxyl groups excluding tert-OH is 1. The first-order chi connectivity index (χ1) is 17.5. The van der Waals surface area contributed by atoms with Crippen LogP contribution in [0, 0.1) is 11.3 Å². The number of thioether (sulfide) groups is 1. The molecule has 188 valence electrons. The van der Waals surface area contributed by atoms with Crippen molar-refractivity contribution in [3.8, 4) is 0 Å². The largest absolute Gasteiger partial charge is 0.394 e. The maximum Gasteiger partial charge on any atom is 0.253 e. The maximum atomic E-state index is 11.8. The number of hydrogen-bond acceptors (Lipinski definition) is 12. The highest BCUT2D eigenvalue weighted by atomic mass is 32.2. The van der Waals surface area contributed by atoms with Gasteiger partial charge in [-0.05, 0) is 12.1 Å². The second-order valence-electron chi connectivity index (χ2n) is 7.99. The molecular formula is C22H24N8O5S. The van der Waals surface area contributed by atoms with Crippen LogP contribution in [0.15, 0.2) is 46.5 Å². The number of carbonyl (C=O) groups is 1. The topological polar surface area (TPSA) is 183 Å². The van der Waals surface area contributed by atoms with E-state index in [-0.39, 0.29) is 18.4 Å². The molecular weight excluding hydrogens is 488 g/mol. The fourth-order valence-electron chi connectivity index (χ4n) is 4.01. The van der Waals surface area contributed by atoms with Crippen molar-refractivity contribution in [1.82, 2.24) is 24.8 Å². The fraction of sp³-hybridized carbons (Fsp3) is 0.364. The summed E-state index contributed by atoms with van der Waals surface area (Å²) >= 11 is 1.42. The number of rotatable bonds is 8. The molecule has 3 aromatic rings. The molecule has 2 fully saturated rings. The zero-order valence-corrected chi connectivity index (χ0v) is 19.9. The number of nitrogen functional groups attached to an aromatic ring is 1. The first-order valence-electron chi connectivity index (χ1n) is 11.1. The molecule has 2 aliphatic rings. The standard InChI is InChI=1S/C22H24N8O5S/c1-25-19(32)11(7-23)8-26-21-28-17(24)14-18(29-21)30(10-27-14)20-16-15(13(9-31)33-20)34-22(35-16)36-12-5-3-2-4-6-12/h2-8,10-11,13,15-16,20,22-23,31H,9H2,1H3,(H,25,32)(H2,24,28,29). The third-order valence-corrected chi connectivity index (χ3v) is 6.73. The molecule has 0 aliphatic carbocycles. The second kappa shape index (κ2) is 10.3. The lowest BCUT2D eigenvalue weighted by Gasteiger charge is -2.20. The molecule has 5 rings (SSSR count). The number of nitrogens with one attached hydrogen (secondary N) is 2. The van der Waals surface area contributed by atoms with Gasteiger partial charge in [-0.2, -0.15) is 9.97 Å². The van der Waals surface area contributed by atoms with Gasteiger partial charge in [0.05, 0.1) is 12.9 Å². The van der Waals surface area contributed by atoms with Gasteiger partial charge < -0.3 is 35.8 Å². The highest BCUT2D eigenvalue weighted by Gasteiger charge is 2.53. The molecule has 13 nitrogen and oxygen atoms in total. The van der Waals surface area contributed by atoms with Crippen LogP contribution in [0.4, 0.5) is 11.8 Å². The van der Waals surface area contributed by atoms with Crippen LogP contribution < -0.4 is 11.1 Å². The molecule has 2 aromatic heterocycles. The van der Waals surface area contributed by atoms with Gasteiger partial charge in [0.1, 0.15) is 29.7 Å². The van der Waals surface area contributed by atoms with Crippen molar-refractivity contribution in [2.75, 3.05) is 19.4 Å². The molecule has 0 radical (unpaired) electrons. The van der Waals surface area contributed by atoms with Gasteiger partial charge in [-0.25, -0.2) is 9.98 Å². The third kappa shape index (κ3) is 4.56. The minimum absolute atomic E-state index is 0.00754. The predicted octanol–water partition coefficient (Wildman–Crippen LogP) is 0.872. The van der Waals surface area contributed by atoms with Crippen molar-refractivity contribution < 1.29 is 24.1 Å². The predicted molar refractivity (Wildman–Crippen MR) is 131 cm³/mol. The van der Waals surface area contributed by atoms with Gasteiger partial charge in [-0.15, -0.1) is 0 Å². The molecule has 14 heteroatoms. The van der Waals surface area contributed by atoms with Crippen molar-refractivity contribution in [2.24, 2.45) is 10.9 Å². The number of imidazole rings is 1. The van der Waals surface area contributed by atoms with Gasteiger partial charge in [-0.3, -0.25) is 9.36 Å². The molecule has 6 unspecified atom stereocenters. The Hall–Kier alpha value is -3.43. The molecule has 5 N–H and O–H groups in total. The zero-order valence-electron chi connectivity index (χ0n) is 19.1. The normalized spacial score (nSPS) is 26.3. The molecule has 1 aromatic carbocycles. The monoisotopic (exact) mass is 512 g/mol. The van der Waals surface area contributed by atoms with E-state index in [0.29, 0.717) is 11.2 Å². The SMILES string of the molecule is CNC(=O)C(C=N)C=Nc1nc(N)c2ncn(C3OC(CO)C4OC(Sc5ccccc5)OC43)c2n1. The molecule has 4 heterocycles. The Labute approximate surface area is 209 Å². The Morgan fingerprint density at radius 3 is 2.81 bits per heavy atom. The Balaban J connectivity index is 1.43. The number of anilines is 1. The van der Waals surface area contributed by atoms with Crippen molar-refractivity contribution in [3.05, 3.63) is 36.7 Å². The molecule has 36 heavy (non-hydrogen) atoms. The van der Waals surface area contributed by atoms with Gasteiger partial charge >= 0.3 is 0 Å². The van der Waals surface area contributed by atoms with E-state index in [1.807, 2.05) is 30.3 Å². The van der Waals surface area contributed by atoms with Gasteiger partial charge in [0, 0.05) is 24.4 Å². The summed E-state index contributed by atoms with van der Waals surface area (Å²) in [5.74, 6) is -1.19. The van der Waals surface area contributed by atoms with Crippen molar-refractivity contribution in [1.29, 1.82) is 5.41 Å². The van der Waals surface area contributed by atoms with Gasteiger partial charge in [0.15, 0.2) is 17.7 Å². The number of benzene rings is 1. The van der Waals surface area contributed by atoms with E-state index in [9.17, 15) is 9.90 Å². The number of nitrogens with two attached hydrogens (primary N) is 1. The average molecular weight is 513 g/mol. The summed E-state index contributed by atoms with van der Waals surface area (Å²) < 4.78 is 20.0. The minimum Gasteiger partial charge on any atom is -0.394 e. The Kier molecular flexibility index (Phi) is 6.93. The van der Waals surface area contributed by atoms with Gasteiger partial charge in [0.2, 0.25) is 11.5 Å². The van der Waals surface area contributed by atoms with Crippen molar-refractivity contribution >= 4 is 53.0 Å². The van der Waals surface area contributed by atoms with Crippen molar-refractivity contribution in [2.45, 2.75) is 35.1 Å². The smallest absolute Gasteiger partial charge is 0.253 e. The van der Waals surface area contributed by atoms with Crippen LogP contribution in [0.1, 0.15) is 6.23 Å². The molecule has 1 amide bonds. The van der Waals surface area contributed by atoms with E-state index < -0.39 is 42.0 Å². The molecule has 6 atom stereocenters. The second-order valence-corrected chi connectivity index (χ2v) is 9.08. The van der Waals surface area contributed by atoms with Crippen LogP contribution in [0.5, 0.6) is 0 Å². The molecule has 0 bridgehead atoms. The zero-order chi connectivity index (χ0) is 25.2. The quantitative estimate of drug-likeness (QED) is 0.316. The summed E-state index contributed by atoms with van der Waals surface area (Å²) in [6.07, 6.45) is 1.36. The highest BCUT2D eigenvalue weighted by Crippen LogP contribution is 2.44. The Morgan fingerprint density at radius 2 is 2.08 bits per heavy atom. The first-order valence-corrected chi connectivity index (χ1v) is 12.0. The Morgan fingerprint density at radius 1 is 1.31 bits per heavy atom. The van der Waals surface area contributed by atoms with E-state index in [0.717, 1.165) is 11.1 Å². The van der Waals surface area contributed by atoms with E-state index in [1.54, 1.807) is 4.57 Å². The summed E-state index contributed by atoms with van der Waals surface area (Å²) in [4.78, 5) is 29.9. The first kappa shape index (κ1) is 24.3. The van der Waals surface area contributed by atoms with Crippen molar-refractivity contribution in [3.63, 3.8) is 0 Å². The lowest BCUT2D eigenvalue weighted by Crippen LogP contribution is -2.30. The summed E-state index contributed by atoms with van der Waals surface area (Å²) in [6, 6.07) is 9.71. The lowest BCUT2D eigenvalue weighted by molar-refractivity contribution is -0.120. The summed E-state index contributed by atoms with van der Waals surface area (Å²) in [5.41, 5.74) is 6.19. The fourth-order valence-corrected chi connectivity index (χ4v) is 4.92. The van der Waals surface area contributed by atoms with E-state index in [4.69, 9.17) is 25.4 Å². The number of aliphatic imine (C=N–C) groups is 1. The number of carbonyl (C=O) groups excluding carboxylic acids is 1. The number of amides is 1. The lowest BCUT2D eigenvalue weighted by atomic mass is 10.1. The summed E-state index contributed by atoms with van der Waals surface area (Å²) in [5, 5.41) is 19.8. The van der Waals surface area contributed by atoms with Gasteiger partial charge in [0.25, 0.3) is 5.95 Å². The number of aliphatic hydroxyl groups is 1. The molecule has 2 saturated heterocycles. The molecule has 0 spiro atoms. The van der Waals surface area contributed by atoms with E-state index in [2.05, 4.69) is 25.3 Å². The third-order valence-electron chi connectivity index (χ3n) is 5.77. The van der Waals surface area contributed by atoms with E-state index in [1.165, 1.54) is 31.4 Å². The van der Waals surface area contributed by atoms with Crippen LogP contribution in [0.25, 0.3) is 11.2 Å². The van der Waals surface area contributed by atoms with Crippen LogP contribution in [-0.4, -0.2) is 80.6 Å². The Bertz CT molecular complexity index is 1290. The molecule has 0 saturated carbocycles.